The molecule has 0 fully saturated rings. The minimum absolute atomic E-state index is 0.0371. The van der Waals surface area contributed by atoms with Crippen molar-refractivity contribution in [2.24, 2.45) is 0 Å². The molecule has 1 rings (SSSR count). The monoisotopic (exact) mass is 270 g/mol. The van der Waals surface area contributed by atoms with E-state index < -0.39 is 11.6 Å². The van der Waals surface area contributed by atoms with Crippen LogP contribution in [0.15, 0.2) is 18.2 Å². The molecule has 0 atom stereocenters. The maximum atomic E-state index is 13.0. The second kappa shape index (κ2) is 6.38. The Morgan fingerprint density at radius 1 is 1.05 bits per heavy atom. The second-order valence-corrected chi connectivity index (χ2v) is 4.51. The van der Waals surface area contributed by atoms with Crippen molar-refractivity contribution in [3.05, 3.63) is 35.4 Å². The highest BCUT2D eigenvalue weighted by molar-refractivity contribution is 5.97. The molecule has 1 aromatic rings. The van der Waals surface area contributed by atoms with Crippen LogP contribution in [0, 0.1) is 11.6 Å². The summed E-state index contributed by atoms with van der Waals surface area (Å²) >= 11 is 0. The molecule has 0 aliphatic rings. The van der Waals surface area contributed by atoms with Gasteiger partial charge in [0.05, 0.1) is 13.1 Å². The molecular weight excluding hydrogens is 254 g/mol. The molecule has 1 aromatic carbocycles. The van der Waals surface area contributed by atoms with Gasteiger partial charge >= 0.3 is 0 Å². The van der Waals surface area contributed by atoms with E-state index >= 15 is 0 Å². The highest BCUT2D eigenvalue weighted by atomic mass is 19.2. The summed E-state index contributed by atoms with van der Waals surface area (Å²) < 4.78 is 25.7. The van der Waals surface area contributed by atoms with Crippen LogP contribution >= 0.6 is 0 Å². The van der Waals surface area contributed by atoms with Gasteiger partial charge in [0.1, 0.15) is 0 Å². The molecule has 0 unspecified atom stereocenters. The Hall–Kier alpha value is -1.82. The van der Waals surface area contributed by atoms with E-state index in [1.165, 1.54) is 15.9 Å². The topological polar surface area (TPSA) is 40.6 Å². The first kappa shape index (κ1) is 15.2. The molecule has 0 aliphatic heterocycles. The highest BCUT2D eigenvalue weighted by Gasteiger charge is 2.14. The Morgan fingerprint density at radius 3 is 2.21 bits per heavy atom. The number of ketones is 1. The van der Waals surface area contributed by atoms with E-state index in [1.807, 2.05) is 0 Å². The van der Waals surface area contributed by atoms with Crippen LogP contribution in [0.5, 0.6) is 0 Å². The third-order valence-corrected chi connectivity index (χ3v) is 2.56. The molecule has 0 heterocycles. The molecule has 19 heavy (non-hydrogen) atoms. The SMILES string of the molecule is CN(CC(=O)c1ccc(F)c(F)c1)CC(=O)N(C)C. The molecule has 0 spiro atoms. The van der Waals surface area contributed by atoms with Gasteiger partial charge in [-0.15, -0.1) is 0 Å². The quantitative estimate of drug-likeness (QED) is 0.754. The van der Waals surface area contributed by atoms with E-state index in [1.54, 1.807) is 21.1 Å². The van der Waals surface area contributed by atoms with Crippen molar-refractivity contribution >= 4 is 11.7 Å². The van der Waals surface area contributed by atoms with Crippen molar-refractivity contribution in [1.29, 1.82) is 0 Å². The number of hydrogen-bond donors (Lipinski definition) is 0. The lowest BCUT2D eigenvalue weighted by molar-refractivity contribution is -0.129. The molecule has 6 heteroatoms. The summed E-state index contributed by atoms with van der Waals surface area (Å²) in [6, 6.07) is 3.00. The van der Waals surface area contributed by atoms with Gasteiger partial charge in [-0.3, -0.25) is 14.5 Å². The lowest BCUT2D eigenvalue weighted by atomic mass is 10.1. The van der Waals surface area contributed by atoms with Gasteiger partial charge in [0.2, 0.25) is 5.91 Å². The standard InChI is InChI=1S/C13H16F2N2O2/c1-16(2)13(19)8-17(3)7-12(18)9-4-5-10(14)11(15)6-9/h4-6H,7-8H2,1-3H3. The Labute approximate surface area is 110 Å². The average Bonchev–Trinajstić information content (AvgIpc) is 2.32. The van der Waals surface area contributed by atoms with Gasteiger partial charge < -0.3 is 4.90 Å². The van der Waals surface area contributed by atoms with E-state index in [0.29, 0.717) is 0 Å². The summed E-state index contributed by atoms with van der Waals surface area (Å²) in [5, 5.41) is 0. The summed E-state index contributed by atoms with van der Waals surface area (Å²) in [6.07, 6.45) is 0. The summed E-state index contributed by atoms with van der Waals surface area (Å²) in [7, 11) is 4.85. The maximum absolute atomic E-state index is 13.0. The first-order valence-electron chi connectivity index (χ1n) is 5.68. The minimum Gasteiger partial charge on any atom is -0.348 e. The van der Waals surface area contributed by atoms with Crippen molar-refractivity contribution in [2.75, 3.05) is 34.2 Å². The van der Waals surface area contributed by atoms with Crippen molar-refractivity contribution in [3.8, 4) is 0 Å². The predicted octanol–water partition coefficient (Wildman–Crippen LogP) is 1.17. The summed E-state index contributed by atoms with van der Waals surface area (Å²) in [4.78, 5) is 26.2. The third kappa shape index (κ3) is 4.40. The molecule has 4 nitrogen and oxygen atoms in total. The zero-order chi connectivity index (χ0) is 14.6. The Balaban J connectivity index is 2.64. The Morgan fingerprint density at radius 2 is 1.68 bits per heavy atom. The predicted molar refractivity (Wildman–Crippen MR) is 66.9 cm³/mol. The first-order valence-corrected chi connectivity index (χ1v) is 5.68. The summed E-state index contributed by atoms with van der Waals surface area (Å²) in [5.74, 6) is -2.56. The third-order valence-electron chi connectivity index (χ3n) is 2.56. The van der Waals surface area contributed by atoms with E-state index in [0.717, 1.165) is 12.1 Å². The molecular formula is C13H16F2N2O2. The van der Waals surface area contributed by atoms with Crippen LogP contribution in [0.1, 0.15) is 10.4 Å². The summed E-state index contributed by atoms with van der Waals surface area (Å²) in [5.41, 5.74) is 0.0862. The number of nitrogens with zero attached hydrogens (tertiary/aromatic N) is 2. The molecule has 104 valence electrons. The van der Waals surface area contributed by atoms with Crippen LogP contribution in [0.2, 0.25) is 0 Å². The first-order chi connectivity index (χ1) is 8.81. The molecule has 0 bridgehead atoms. The molecule has 0 saturated carbocycles. The fourth-order valence-corrected chi connectivity index (χ4v) is 1.43. The number of likely N-dealkylation sites (N-methyl/N-ethyl adjacent to an activating group) is 2. The van der Waals surface area contributed by atoms with Gasteiger partial charge in [0, 0.05) is 19.7 Å². The smallest absolute Gasteiger partial charge is 0.236 e. The number of rotatable bonds is 5. The molecule has 0 saturated heterocycles. The van der Waals surface area contributed by atoms with Crippen molar-refractivity contribution in [2.45, 2.75) is 0 Å². The van der Waals surface area contributed by atoms with E-state index in [-0.39, 0.29) is 30.3 Å². The van der Waals surface area contributed by atoms with Gasteiger partial charge in [0.25, 0.3) is 0 Å². The highest BCUT2D eigenvalue weighted by Crippen LogP contribution is 2.09. The van der Waals surface area contributed by atoms with Gasteiger partial charge in [0.15, 0.2) is 17.4 Å². The van der Waals surface area contributed by atoms with E-state index in [2.05, 4.69) is 0 Å². The van der Waals surface area contributed by atoms with Crippen LogP contribution in [0.25, 0.3) is 0 Å². The number of amides is 1. The van der Waals surface area contributed by atoms with E-state index in [9.17, 15) is 18.4 Å². The number of halogens is 2. The van der Waals surface area contributed by atoms with Crippen molar-refractivity contribution < 1.29 is 18.4 Å². The van der Waals surface area contributed by atoms with Gasteiger partial charge in [-0.25, -0.2) is 8.78 Å². The zero-order valence-corrected chi connectivity index (χ0v) is 11.1. The number of carbonyl (C=O) groups excluding carboxylic acids is 2. The van der Waals surface area contributed by atoms with Crippen molar-refractivity contribution in [3.63, 3.8) is 0 Å². The van der Waals surface area contributed by atoms with Crippen LogP contribution in [0.4, 0.5) is 8.78 Å². The van der Waals surface area contributed by atoms with Crippen LogP contribution in [0.3, 0.4) is 0 Å². The van der Waals surface area contributed by atoms with Crippen LogP contribution in [-0.4, -0.2) is 55.7 Å². The van der Waals surface area contributed by atoms with Gasteiger partial charge in [-0.05, 0) is 25.2 Å². The van der Waals surface area contributed by atoms with Gasteiger partial charge in [-0.2, -0.15) is 0 Å². The normalized spacial score (nSPS) is 10.6. The second-order valence-electron chi connectivity index (χ2n) is 4.51. The summed E-state index contributed by atoms with van der Waals surface area (Å²) in [6.45, 7) is 0.0487. The Bertz CT molecular complexity index is 490. The lowest BCUT2D eigenvalue weighted by Gasteiger charge is -2.18. The molecule has 0 aromatic heterocycles. The molecule has 1 amide bonds. The fraction of sp³-hybridized carbons (Fsp3) is 0.385. The Kier molecular flexibility index (Phi) is 5.11. The number of Topliss-reactive ketones (excluding diaryl/α,β-unsaturated/α-hetero) is 1. The lowest BCUT2D eigenvalue weighted by Crippen LogP contribution is -2.37. The van der Waals surface area contributed by atoms with Gasteiger partial charge in [-0.1, -0.05) is 0 Å². The largest absolute Gasteiger partial charge is 0.348 e. The zero-order valence-electron chi connectivity index (χ0n) is 11.1. The number of benzene rings is 1. The molecule has 0 N–H and O–H groups in total. The molecule has 0 radical (unpaired) electrons. The maximum Gasteiger partial charge on any atom is 0.236 e. The number of carbonyl (C=O) groups is 2. The minimum atomic E-state index is -1.06. The van der Waals surface area contributed by atoms with Crippen molar-refractivity contribution in [1.82, 2.24) is 9.80 Å². The molecule has 0 aliphatic carbocycles. The average molecular weight is 270 g/mol. The van der Waals surface area contributed by atoms with Crippen LogP contribution < -0.4 is 0 Å². The number of hydrogen-bond acceptors (Lipinski definition) is 3. The van der Waals surface area contributed by atoms with Crippen LogP contribution in [-0.2, 0) is 4.79 Å². The fourth-order valence-electron chi connectivity index (χ4n) is 1.43. The van der Waals surface area contributed by atoms with E-state index in [4.69, 9.17) is 0 Å².